The summed E-state index contributed by atoms with van der Waals surface area (Å²) in [7, 11) is 6.17. The fourth-order valence-electron chi connectivity index (χ4n) is 8.78. The average molecular weight is 1040 g/mol. The average Bonchev–Trinajstić information content (AvgIpc) is 3.40. The Balaban J connectivity index is 0.000000390. The Morgan fingerprint density at radius 3 is 1.39 bits per heavy atom. The quantitative estimate of drug-likeness (QED) is 0.0423. The van der Waals surface area contributed by atoms with E-state index >= 15 is 0 Å². The van der Waals surface area contributed by atoms with Crippen molar-refractivity contribution in [2.45, 2.75) is 175 Å². The minimum Gasteiger partial charge on any atom is -0.497 e. The van der Waals surface area contributed by atoms with E-state index in [9.17, 15) is 28.8 Å². The van der Waals surface area contributed by atoms with Crippen molar-refractivity contribution in [1.82, 2.24) is 9.80 Å². The maximum atomic E-state index is 13.3. The topological polar surface area (TPSA) is 201 Å². The lowest BCUT2D eigenvalue weighted by Gasteiger charge is -2.33. The molecule has 74 heavy (non-hydrogen) atoms. The molecule has 18 heteroatoms. The number of hydrogen-bond donors (Lipinski definition) is 0. The predicted molar refractivity (Wildman–Crippen MR) is 276 cm³/mol. The van der Waals surface area contributed by atoms with Crippen molar-refractivity contribution in [3.05, 3.63) is 72.0 Å². The number of nitrogens with zero attached hydrogens (tertiary/aromatic N) is 2. The van der Waals surface area contributed by atoms with Crippen molar-refractivity contribution in [2.75, 3.05) is 48.5 Å². The highest BCUT2D eigenvalue weighted by molar-refractivity contribution is 5.87. The van der Waals surface area contributed by atoms with Crippen LogP contribution in [0.1, 0.15) is 125 Å². The largest absolute Gasteiger partial charge is 0.497 e. The molecule has 0 aromatic heterocycles. The molecule has 2 aliphatic rings. The zero-order valence-electron chi connectivity index (χ0n) is 46.3. The molecule has 2 heterocycles. The number of amides is 2. The molecule has 0 aliphatic carbocycles. The van der Waals surface area contributed by atoms with Gasteiger partial charge in [0, 0.05) is 32.6 Å². The smallest absolute Gasteiger partial charge is 0.412 e. The van der Waals surface area contributed by atoms with Gasteiger partial charge in [-0.3, -0.25) is 19.4 Å². The van der Waals surface area contributed by atoms with Crippen LogP contribution in [-0.4, -0.2) is 142 Å². The molecule has 2 amide bonds. The second-order valence-corrected chi connectivity index (χ2v) is 20.8. The molecule has 0 N–H and O–H groups in total. The van der Waals surface area contributed by atoms with Gasteiger partial charge in [-0.25, -0.2) is 19.2 Å². The normalized spacial score (nSPS) is 22.8. The van der Waals surface area contributed by atoms with Crippen LogP contribution in [-0.2, 0) is 69.9 Å². The van der Waals surface area contributed by atoms with E-state index in [1.807, 2.05) is 48.5 Å². The van der Waals surface area contributed by atoms with Crippen molar-refractivity contribution in [3.63, 3.8) is 0 Å². The van der Waals surface area contributed by atoms with E-state index < -0.39 is 71.8 Å². The number of ether oxygens (including phenoxy) is 10. The summed E-state index contributed by atoms with van der Waals surface area (Å²) in [4.78, 5) is 78.0. The first-order valence-corrected chi connectivity index (χ1v) is 25.5. The minimum atomic E-state index is -0.870. The van der Waals surface area contributed by atoms with Crippen molar-refractivity contribution in [3.8, 4) is 11.5 Å². The fourth-order valence-corrected chi connectivity index (χ4v) is 8.78. The first kappa shape index (κ1) is 62.6. The number of ketones is 2. The van der Waals surface area contributed by atoms with Crippen molar-refractivity contribution < 1.29 is 76.1 Å². The highest BCUT2D eigenvalue weighted by Crippen LogP contribution is 2.32. The Labute approximate surface area is 438 Å². The molecule has 8 atom stereocenters. The zero-order chi connectivity index (χ0) is 55.2. The highest BCUT2D eigenvalue weighted by atomic mass is 16.6. The number of Topliss-reactive ketones (excluding diaryl/α,β-unsaturated/α-hetero) is 1. The van der Waals surface area contributed by atoms with Crippen LogP contribution in [0, 0.1) is 11.8 Å². The Morgan fingerprint density at radius 1 is 0.622 bits per heavy atom. The van der Waals surface area contributed by atoms with E-state index in [2.05, 4.69) is 0 Å². The molecule has 414 valence electrons. The van der Waals surface area contributed by atoms with Crippen molar-refractivity contribution in [1.29, 1.82) is 0 Å². The van der Waals surface area contributed by atoms with Gasteiger partial charge >= 0.3 is 24.1 Å². The SMILES string of the molecule is COCN(C(=O)OC(C)(C)C)[C@H]1CCC[C@H](Cc2ccc(OC)cc2)[C@@H](O/C=C/C(C)=O)[C@H](C)OC1=O.COCN(C(=O)OC(C)(C)C)[C@H]1CCC[C@H](Cc2ccc(OC)cc2)[C@@H](OCCC(C)=O)[C@H](C)OC1=O. The van der Waals surface area contributed by atoms with Gasteiger partial charge in [0.2, 0.25) is 0 Å². The Kier molecular flexibility index (Phi) is 25.9. The van der Waals surface area contributed by atoms with Crippen LogP contribution in [0.3, 0.4) is 0 Å². The number of carbonyl (C=O) groups is 6. The van der Waals surface area contributed by atoms with Gasteiger partial charge in [0.1, 0.15) is 72.3 Å². The van der Waals surface area contributed by atoms with Crippen LogP contribution in [0.25, 0.3) is 0 Å². The van der Waals surface area contributed by atoms with Gasteiger partial charge in [0.25, 0.3) is 0 Å². The number of methoxy groups -OCH3 is 4. The molecule has 18 nitrogen and oxygen atoms in total. The molecule has 2 aromatic carbocycles. The summed E-state index contributed by atoms with van der Waals surface area (Å²) in [5.74, 6) is 0.353. The molecule has 2 aromatic rings. The lowest BCUT2D eigenvalue weighted by molar-refractivity contribution is -0.166. The monoisotopic (exact) mass is 1040 g/mol. The molecule has 0 bridgehead atoms. The van der Waals surface area contributed by atoms with E-state index in [-0.39, 0.29) is 49.9 Å². The molecule has 0 saturated carbocycles. The summed E-state index contributed by atoms with van der Waals surface area (Å²) in [5, 5.41) is 0. The van der Waals surface area contributed by atoms with Crippen molar-refractivity contribution >= 4 is 35.7 Å². The highest BCUT2D eigenvalue weighted by Gasteiger charge is 2.41. The number of esters is 2. The molecule has 2 aliphatic heterocycles. The van der Waals surface area contributed by atoms with Gasteiger partial charge in [-0.2, -0.15) is 0 Å². The van der Waals surface area contributed by atoms with Gasteiger partial charge in [0.15, 0.2) is 5.78 Å². The third-order valence-electron chi connectivity index (χ3n) is 12.3. The standard InChI is InChI=1S/C28H43NO8.C28H41NO8/c2*1-19(30)15-16-35-25-20(2)36-26(31)24(29(18-33-6)27(32)37-28(3,4)5)10-8-9-22(25)17-21-11-13-23(34-7)14-12-21/h11-14,20,22,24-25H,8-10,15-18H2,1-7H3;11-16,20,22,24-25H,8-10,17-18H2,1-7H3/b;16-15+/t2*20-,22+,24-,25-/m00/s1. The van der Waals surface area contributed by atoms with Crippen molar-refractivity contribution in [2.24, 2.45) is 11.8 Å². The van der Waals surface area contributed by atoms with E-state index in [1.165, 1.54) is 50.2 Å². The number of hydrogen-bond acceptors (Lipinski definition) is 16. The van der Waals surface area contributed by atoms with E-state index in [4.69, 9.17) is 47.4 Å². The lowest BCUT2D eigenvalue weighted by Crippen LogP contribution is -2.49. The molecule has 0 spiro atoms. The molecule has 2 saturated heterocycles. The van der Waals surface area contributed by atoms with Crippen LogP contribution in [0.4, 0.5) is 9.59 Å². The maximum Gasteiger partial charge on any atom is 0.412 e. The first-order chi connectivity index (χ1) is 34.9. The van der Waals surface area contributed by atoms with Gasteiger partial charge in [-0.05, 0) is 149 Å². The summed E-state index contributed by atoms with van der Waals surface area (Å²) in [5.41, 5.74) is 0.733. The number of allylic oxidation sites excluding steroid dienone is 1. The summed E-state index contributed by atoms with van der Waals surface area (Å²) in [6, 6.07) is 13.9. The molecule has 0 unspecified atom stereocenters. The van der Waals surface area contributed by atoms with E-state index in [0.717, 1.165) is 29.0 Å². The maximum absolute atomic E-state index is 13.3. The third-order valence-corrected chi connectivity index (χ3v) is 12.3. The molecule has 0 radical (unpaired) electrons. The van der Waals surface area contributed by atoms with E-state index in [0.29, 0.717) is 44.9 Å². The van der Waals surface area contributed by atoms with E-state index in [1.54, 1.807) is 69.6 Å². The Morgan fingerprint density at radius 2 is 1.03 bits per heavy atom. The molecule has 4 rings (SSSR count). The van der Waals surface area contributed by atoms with Crippen LogP contribution >= 0.6 is 0 Å². The predicted octanol–water partition coefficient (Wildman–Crippen LogP) is 9.21. The molecular formula is C56H84N2O16. The summed E-state index contributed by atoms with van der Waals surface area (Å²) in [6.07, 6.45) is 4.45. The first-order valence-electron chi connectivity index (χ1n) is 25.5. The van der Waals surface area contributed by atoms with Gasteiger partial charge in [-0.15, -0.1) is 0 Å². The number of benzene rings is 2. The fraction of sp³-hybridized carbons (Fsp3) is 0.643. The third kappa shape index (κ3) is 21.6. The summed E-state index contributed by atoms with van der Waals surface area (Å²) in [6.45, 7) is 17.2. The summed E-state index contributed by atoms with van der Waals surface area (Å²) >= 11 is 0. The number of carbonyl (C=O) groups excluding carboxylic acids is 6. The van der Waals surface area contributed by atoms with Crippen LogP contribution in [0.5, 0.6) is 11.5 Å². The van der Waals surface area contributed by atoms with Crippen LogP contribution in [0.15, 0.2) is 60.9 Å². The Bertz CT molecular complexity index is 2100. The summed E-state index contributed by atoms with van der Waals surface area (Å²) < 4.78 is 56.0. The number of cyclic esters (lactones) is 2. The van der Waals surface area contributed by atoms with Gasteiger partial charge < -0.3 is 47.4 Å². The van der Waals surface area contributed by atoms with Gasteiger partial charge in [-0.1, -0.05) is 37.1 Å². The zero-order valence-corrected chi connectivity index (χ0v) is 46.3. The second-order valence-electron chi connectivity index (χ2n) is 20.8. The van der Waals surface area contributed by atoms with Crippen LogP contribution in [0.2, 0.25) is 0 Å². The Hall–Kier alpha value is -5.72. The lowest BCUT2D eigenvalue weighted by atomic mass is 9.86. The molecular weight excluding hydrogens is 957 g/mol. The van der Waals surface area contributed by atoms with Crippen LogP contribution < -0.4 is 9.47 Å². The molecule has 2 fully saturated rings. The number of rotatable bonds is 19. The van der Waals surface area contributed by atoms with Gasteiger partial charge in [0.05, 0.1) is 33.2 Å². The second kappa shape index (κ2) is 30.6. The minimum absolute atomic E-state index is 0.0241.